The predicted octanol–water partition coefficient (Wildman–Crippen LogP) is 3.40. The van der Waals surface area contributed by atoms with Gasteiger partial charge < -0.3 is 5.32 Å². The second-order valence-electron chi connectivity index (χ2n) is 6.08. The van der Waals surface area contributed by atoms with Crippen LogP contribution in [-0.2, 0) is 10.0 Å². The van der Waals surface area contributed by atoms with E-state index in [1.54, 1.807) is 6.07 Å². The van der Waals surface area contributed by atoms with Crippen LogP contribution in [0.15, 0.2) is 53.4 Å². The largest absolute Gasteiger partial charge is 0.352 e. The Bertz CT molecular complexity index is 851. The highest BCUT2D eigenvalue weighted by Crippen LogP contribution is 2.18. The number of hydrogen-bond acceptors (Lipinski definition) is 3. The van der Waals surface area contributed by atoms with Gasteiger partial charge in [-0.05, 0) is 48.7 Å². The number of sulfonamides is 1. The van der Waals surface area contributed by atoms with E-state index in [0.717, 1.165) is 12.5 Å². The molecule has 2 aromatic rings. The zero-order chi connectivity index (χ0) is 18.4. The Labute approximate surface area is 147 Å². The number of benzene rings is 2. The van der Waals surface area contributed by atoms with Gasteiger partial charge in [-0.3, -0.25) is 9.52 Å². The molecule has 2 N–H and O–H groups in total. The summed E-state index contributed by atoms with van der Waals surface area (Å²) in [5.41, 5.74) is 0.373. The van der Waals surface area contributed by atoms with Gasteiger partial charge in [-0.2, -0.15) is 0 Å². The summed E-state index contributed by atoms with van der Waals surface area (Å²) in [5, 5.41) is 2.76. The molecule has 0 fully saturated rings. The molecule has 0 heterocycles. The van der Waals surface area contributed by atoms with Gasteiger partial charge in [0.05, 0.1) is 10.6 Å². The molecule has 2 aromatic carbocycles. The molecule has 0 unspecified atom stereocenters. The summed E-state index contributed by atoms with van der Waals surface area (Å²) in [6.45, 7) is 4.63. The van der Waals surface area contributed by atoms with Gasteiger partial charge in [0, 0.05) is 12.1 Å². The number of carbonyl (C=O) groups excluding carboxylic acids is 1. The van der Waals surface area contributed by atoms with Crippen molar-refractivity contribution in [1.29, 1.82) is 0 Å². The number of carbonyl (C=O) groups is 1. The van der Waals surface area contributed by atoms with Crippen molar-refractivity contribution in [2.75, 3.05) is 11.3 Å². The van der Waals surface area contributed by atoms with Crippen molar-refractivity contribution in [1.82, 2.24) is 5.32 Å². The van der Waals surface area contributed by atoms with E-state index in [2.05, 4.69) is 23.9 Å². The van der Waals surface area contributed by atoms with Crippen molar-refractivity contribution in [2.24, 2.45) is 5.92 Å². The van der Waals surface area contributed by atoms with Gasteiger partial charge in [0.2, 0.25) is 0 Å². The van der Waals surface area contributed by atoms with E-state index in [1.165, 1.54) is 36.4 Å². The Balaban J connectivity index is 2.15. The Morgan fingerprint density at radius 2 is 1.84 bits per heavy atom. The highest BCUT2D eigenvalue weighted by Gasteiger charge is 2.16. The summed E-state index contributed by atoms with van der Waals surface area (Å²) in [6, 6.07) is 10.9. The van der Waals surface area contributed by atoms with Crippen LogP contribution in [0.25, 0.3) is 0 Å². The van der Waals surface area contributed by atoms with E-state index in [0.29, 0.717) is 12.5 Å². The third kappa shape index (κ3) is 5.56. The third-order valence-corrected chi connectivity index (χ3v) is 4.87. The van der Waals surface area contributed by atoms with Gasteiger partial charge in [-0.15, -0.1) is 0 Å². The zero-order valence-corrected chi connectivity index (χ0v) is 14.9. The van der Waals surface area contributed by atoms with Crippen LogP contribution >= 0.6 is 0 Å². The normalized spacial score (nSPS) is 11.4. The average molecular weight is 364 g/mol. The minimum atomic E-state index is -3.92. The summed E-state index contributed by atoms with van der Waals surface area (Å²) in [6.07, 6.45) is 0.838. The number of rotatable bonds is 7. The lowest BCUT2D eigenvalue weighted by Crippen LogP contribution is -2.25. The molecular weight excluding hydrogens is 343 g/mol. The standard InChI is InChI=1S/C18H21FN2O3S/c1-13(2)9-10-20-18(22)14-5-3-8-17(11-14)25(23,24)21-16-7-4-6-15(19)12-16/h3-8,11-13,21H,9-10H2,1-2H3,(H,20,22). The lowest BCUT2D eigenvalue weighted by Gasteiger charge is -2.10. The van der Waals surface area contributed by atoms with Crippen LogP contribution in [0.4, 0.5) is 10.1 Å². The molecule has 1 amide bonds. The summed E-state index contributed by atoms with van der Waals surface area (Å²) < 4.78 is 40.4. The van der Waals surface area contributed by atoms with Crippen molar-refractivity contribution in [3.8, 4) is 0 Å². The first-order valence-corrected chi connectivity index (χ1v) is 9.43. The first-order valence-electron chi connectivity index (χ1n) is 7.94. The topological polar surface area (TPSA) is 75.3 Å². The lowest BCUT2D eigenvalue weighted by atomic mass is 10.1. The molecule has 0 radical (unpaired) electrons. The number of anilines is 1. The van der Waals surface area contributed by atoms with E-state index in [-0.39, 0.29) is 22.1 Å². The van der Waals surface area contributed by atoms with E-state index >= 15 is 0 Å². The monoisotopic (exact) mass is 364 g/mol. The van der Waals surface area contributed by atoms with Crippen LogP contribution in [0, 0.1) is 11.7 Å². The highest BCUT2D eigenvalue weighted by molar-refractivity contribution is 7.92. The maximum absolute atomic E-state index is 13.2. The average Bonchev–Trinajstić information content (AvgIpc) is 2.54. The Morgan fingerprint density at radius 3 is 2.52 bits per heavy atom. The fourth-order valence-electron chi connectivity index (χ4n) is 2.15. The van der Waals surface area contributed by atoms with Crippen molar-refractivity contribution in [3.05, 3.63) is 59.9 Å². The number of halogens is 1. The summed E-state index contributed by atoms with van der Waals surface area (Å²) in [4.78, 5) is 12.1. The van der Waals surface area contributed by atoms with Gasteiger partial charge in [-0.1, -0.05) is 26.0 Å². The van der Waals surface area contributed by atoms with Crippen LogP contribution < -0.4 is 10.0 Å². The van der Waals surface area contributed by atoms with E-state index in [9.17, 15) is 17.6 Å². The molecule has 0 spiro atoms. The zero-order valence-electron chi connectivity index (χ0n) is 14.1. The van der Waals surface area contributed by atoms with E-state index < -0.39 is 15.8 Å². The lowest BCUT2D eigenvalue weighted by molar-refractivity contribution is 0.0952. The van der Waals surface area contributed by atoms with Gasteiger partial charge in [0.25, 0.3) is 15.9 Å². The summed E-state index contributed by atoms with van der Waals surface area (Å²) >= 11 is 0. The molecule has 0 atom stereocenters. The molecule has 134 valence electrons. The molecule has 0 aliphatic heterocycles. The van der Waals surface area contributed by atoms with E-state index in [1.807, 2.05) is 0 Å². The molecule has 0 aromatic heterocycles. The van der Waals surface area contributed by atoms with Gasteiger partial charge in [0.15, 0.2) is 0 Å². The van der Waals surface area contributed by atoms with Gasteiger partial charge in [0.1, 0.15) is 5.82 Å². The van der Waals surface area contributed by atoms with Crippen LogP contribution in [0.2, 0.25) is 0 Å². The van der Waals surface area contributed by atoms with Crippen LogP contribution in [0.1, 0.15) is 30.6 Å². The summed E-state index contributed by atoms with van der Waals surface area (Å²) in [7, 11) is -3.92. The fraction of sp³-hybridized carbons (Fsp3) is 0.278. The molecule has 7 heteroatoms. The molecule has 5 nitrogen and oxygen atoms in total. The Morgan fingerprint density at radius 1 is 1.12 bits per heavy atom. The quantitative estimate of drug-likeness (QED) is 0.791. The third-order valence-electron chi connectivity index (χ3n) is 3.49. The first kappa shape index (κ1) is 18.9. The highest BCUT2D eigenvalue weighted by atomic mass is 32.2. The van der Waals surface area contributed by atoms with E-state index in [4.69, 9.17) is 0 Å². The maximum Gasteiger partial charge on any atom is 0.261 e. The second kappa shape index (κ2) is 8.11. The maximum atomic E-state index is 13.2. The Hall–Kier alpha value is -2.41. The van der Waals surface area contributed by atoms with Gasteiger partial charge in [-0.25, -0.2) is 12.8 Å². The SMILES string of the molecule is CC(C)CCNC(=O)c1cccc(S(=O)(=O)Nc2cccc(F)c2)c1. The van der Waals surface area contributed by atoms with Crippen LogP contribution in [0.3, 0.4) is 0 Å². The Kier molecular flexibility index (Phi) is 6.14. The predicted molar refractivity (Wildman–Crippen MR) is 95.4 cm³/mol. The summed E-state index contributed by atoms with van der Waals surface area (Å²) in [5.74, 6) is -0.413. The second-order valence-corrected chi connectivity index (χ2v) is 7.76. The molecule has 25 heavy (non-hydrogen) atoms. The molecular formula is C18H21FN2O3S. The molecule has 0 saturated heterocycles. The number of amides is 1. The van der Waals surface area contributed by atoms with Gasteiger partial charge >= 0.3 is 0 Å². The minimum Gasteiger partial charge on any atom is -0.352 e. The number of hydrogen-bond donors (Lipinski definition) is 2. The van der Waals surface area contributed by atoms with Crippen molar-refractivity contribution in [2.45, 2.75) is 25.2 Å². The molecule has 0 aliphatic rings. The molecule has 2 rings (SSSR count). The minimum absolute atomic E-state index is 0.0618. The van der Waals surface area contributed by atoms with Crippen molar-refractivity contribution >= 4 is 21.6 Å². The van der Waals surface area contributed by atoms with Crippen LogP contribution in [-0.4, -0.2) is 20.9 Å². The molecule has 0 saturated carbocycles. The van der Waals surface area contributed by atoms with Crippen molar-refractivity contribution < 1.29 is 17.6 Å². The van der Waals surface area contributed by atoms with Crippen molar-refractivity contribution in [3.63, 3.8) is 0 Å². The molecule has 0 aliphatic carbocycles. The molecule has 0 bridgehead atoms. The first-order chi connectivity index (χ1) is 11.8. The number of nitrogens with one attached hydrogen (secondary N) is 2. The smallest absolute Gasteiger partial charge is 0.261 e. The fourth-order valence-corrected chi connectivity index (χ4v) is 3.24. The van der Waals surface area contributed by atoms with Crippen LogP contribution in [0.5, 0.6) is 0 Å².